The third kappa shape index (κ3) is 3.46. The minimum absolute atomic E-state index is 0.0595. The van der Waals surface area contributed by atoms with Crippen molar-refractivity contribution in [2.45, 2.75) is 24.0 Å². The van der Waals surface area contributed by atoms with Crippen LogP contribution in [0.15, 0.2) is 23.1 Å². The van der Waals surface area contributed by atoms with Crippen molar-refractivity contribution in [2.75, 3.05) is 13.1 Å². The smallest absolute Gasteiger partial charge is 0.312 e. The molecule has 19 heavy (non-hydrogen) atoms. The van der Waals surface area contributed by atoms with Gasteiger partial charge in [-0.05, 0) is 30.2 Å². The Labute approximate surface area is 109 Å². The van der Waals surface area contributed by atoms with Crippen molar-refractivity contribution in [3.8, 4) is 0 Å². The summed E-state index contributed by atoms with van der Waals surface area (Å²) in [6.07, 6.45) is -4.08. The van der Waals surface area contributed by atoms with Gasteiger partial charge in [0.15, 0.2) is 0 Å². The summed E-state index contributed by atoms with van der Waals surface area (Å²) in [5, 5.41) is 3.08. The lowest BCUT2D eigenvalue weighted by Crippen LogP contribution is -2.35. The lowest BCUT2D eigenvalue weighted by atomic mass is 10.0. The molecule has 0 spiro atoms. The van der Waals surface area contributed by atoms with Crippen LogP contribution >= 0.6 is 0 Å². The number of nitrogens with one attached hydrogen (secondary N) is 2. The van der Waals surface area contributed by atoms with E-state index in [2.05, 4.69) is 5.32 Å². The Hall–Kier alpha value is -1.12. The fourth-order valence-corrected chi connectivity index (χ4v) is 3.33. The predicted molar refractivity (Wildman–Crippen MR) is 63.1 cm³/mol. The van der Waals surface area contributed by atoms with Gasteiger partial charge in [0.25, 0.3) is 0 Å². The van der Waals surface area contributed by atoms with E-state index >= 15 is 0 Å². The summed E-state index contributed by atoms with van der Waals surface area (Å²) in [7, 11) is -4.13. The summed E-state index contributed by atoms with van der Waals surface area (Å²) in [6.45, 7) is -0.423. The molecule has 2 N–H and O–H groups in total. The molecule has 1 aliphatic heterocycles. The van der Waals surface area contributed by atoms with E-state index < -0.39 is 22.7 Å². The summed E-state index contributed by atoms with van der Waals surface area (Å²) >= 11 is 0. The molecule has 0 amide bonds. The summed E-state index contributed by atoms with van der Waals surface area (Å²) < 4.78 is 61.7. The first-order valence-corrected chi connectivity index (χ1v) is 7.16. The largest absolute Gasteiger partial charge is 0.402 e. The molecule has 0 aromatic heterocycles. The lowest BCUT2D eigenvalue weighted by Gasteiger charge is -2.20. The number of sulfonamides is 1. The third-order valence-electron chi connectivity index (χ3n) is 2.85. The molecule has 0 atom stereocenters. The summed E-state index contributed by atoms with van der Waals surface area (Å²) in [5.41, 5.74) is 1.40. The molecule has 0 radical (unpaired) electrons. The van der Waals surface area contributed by atoms with Crippen LogP contribution < -0.4 is 10.0 Å². The quantitative estimate of drug-likeness (QED) is 0.880. The monoisotopic (exact) mass is 294 g/mol. The Kier molecular flexibility index (Phi) is 3.84. The molecule has 8 heteroatoms. The minimum Gasteiger partial charge on any atom is -0.312 e. The van der Waals surface area contributed by atoms with Gasteiger partial charge in [-0.1, -0.05) is 12.1 Å². The molecule has 1 aromatic rings. The Morgan fingerprint density at radius 1 is 1.32 bits per heavy atom. The second kappa shape index (κ2) is 5.10. The van der Waals surface area contributed by atoms with Crippen LogP contribution in [0.1, 0.15) is 11.1 Å². The lowest BCUT2D eigenvalue weighted by molar-refractivity contribution is -0.121. The van der Waals surface area contributed by atoms with Crippen molar-refractivity contribution in [3.63, 3.8) is 0 Å². The van der Waals surface area contributed by atoms with E-state index in [1.807, 2.05) is 0 Å². The van der Waals surface area contributed by atoms with Crippen molar-refractivity contribution < 1.29 is 21.6 Å². The predicted octanol–water partition coefficient (Wildman–Crippen LogP) is 1.17. The molecular weight excluding hydrogens is 281 g/mol. The van der Waals surface area contributed by atoms with Crippen molar-refractivity contribution in [3.05, 3.63) is 29.3 Å². The molecule has 1 heterocycles. The first kappa shape index (κ1) is 14.3. The highest BCUT2D eigenvalue weighted by atomic mass is 32.2. The van der Waals surface area contributed by atoms with Gasteiger partial charge < -0.3 is 5.32 Å². The molecular formula is C11H13F3N2O2S. The molecule has 0 unspecified atom stereocenters. The topological polar surface area (TPSA) is 58.2 Å². The summed E-state index contributed by atoms with van der Waals surface area (Å²) in [4.78, 5) is -0.0595. The van der Waals surface area contributed by atoms with Gasteiger partial charge in [0, 0.05) is 6.54 Å². The van der Waals surface area contributed by atoms with E-state index in [-0.39, 0.29) is 4.90 Å². The maximum absolute atomic E-state index is 12.1. The number of fused-ring (bicyclic) bond motifs is 1. The fraction of sp³-hybridized carbons (Fsp3) is 0.455. The Bertz CT molecular complexity index is 570. The minimum atomic E-state index is -4.57. The molecule has 1 aliphatic rings. The van der Waals surface area contributed by atoms with Gasteiger partial charge in [-0.15, -0.1) is 0 Å². The highest BCUT2D eigenvalue weighted by Crippen LogP contribution is 2.23. The van der Waals surface area contributed by atoms with E-state index in [0.717, 1.165) is 5.56 Å². The van der Waals surface area contributed by atoms with Crippen LogP contribution in [0.5, 0.6) is 0 Å². The number of hydrogen-bond acceptors (Lipinski definition) is 3. The number of benzene rings is 1. The molecule has 0 bridgehead atoms. The number of hydrogen-bond donors (Lipinski definition) is 2. The Morgan fingerprint density at radius 2 is 2.05 bits per heavy atom. The van der Waals surface area contributed by atoms with E-state index in [1.165, 1.54) is 12.1 Å². The Morgan fingerprint density at radius 3 is 2.74 bits per heavy atom. The second-order valence-electron chi connectivity index (χ2n) is 4.26. The van der Waals surface area contributed by atoms with E-state index in [1.54, 1.807) is 10.8 Å². The molecule has 0 saturated heterocycles. The zero-order chi connectivity index (χ0) is 14.1. The standard InChI is InChI=1S/C11H13F3N2O2S/c12-11(13,14)7-16-19(17,18)10-3-1-2-8-6-15-5-4-9(8)10/h1-3,15-16H,4-7H2. The van der Waals surface area contributed by atoms with Crippen molar-refractivity contribution in [1.82, 2.24) is 10.0 Å². The normalized spacial score (nSPS) is 16.2. The highest BCUT2D eigenvalue weighted by molar-refractivity contribution is 7.89. The van der Waals surface area contributed by atoms with Crippen LogP contribution in [0.4, 0.5) is 13.2 Å². The number of rotatable bonds is 3. The average molecular weight is 294 g/mol. The van der Waals surface area contributed by atoms with Crippen molar-refractivity contribution >= 4 is 10.0 Å². The maximum atomic E-state index is 12.1. The summed E-state index contributed by atoms with van der Waals surface area (Å²) in [6, 6.07) is 4.64. The summed E-state index contributed by atoms with van der Waals surface area (Å²) in [5.74, 6) is 0. The van der Waals surface area contributed by atoms with Crippen LogP contribution in [-0.2, 0) is 23.0 Å². The number of alkyl halides is 3. The van der Waals surface area contributed by atoms with Crippen molar-refractivity contribution in [1.29, 1.82) is 0 Å². The van der Waals surface area contributed by atoms with Gasteiger partial charge in [0.2, 0.25) is 10.0 Å². The second-order valence-corrected chi connectivity index (χ2v) is 6.00. The average Bonchev–Trinajstić information content (AvgIpc) is 2.35. The molecule has 0 fully saturated rings. The molecule has 0 saturated carbocycles. The first-order chi connectivity index (χ1) is 8.80. The SMILES string of the molecule is O=S(=O)(NCC(F)(F)F)c1cccc2c1CCNC2. The van der Waals surface area contributed by atoms with Gasteiger partial charge in [0.05, 0.1) is 4.90 Å². The van der Waals surface area contributed by atoms with Crippen molar-refractivity contribution in [2.24, 2.45) is 0 Å². The van der Waals surface area contributed by atoms with Gasteiger partial charge >= 0.3 is 6.18 Å². The number of halogens is 3. The fourth-order valence-electron chi connectivity index (χ4n) is 2.00. The maximum Gasteiger partial charge on any atom is 0.402 e. The van der Waals surface area contributed by atoms with E-state index in [0.29, 0.717) is 25.1 Å². The van der Waals surface area contributed by atoms with Crippen LogP contribution in [-0.4, -0.2) is 27.7 Å². The Balaban J connectivity index is 2.31. The van der Waals surface area contributed by atoms with Crippen LogP contribution in [0.25, 0.3) is 0 Å². The highest BCUT2D eigenvalue weighted by Gasteiger charge is 2.31. The third-order valence-corrected chi connectivity index (χ3v) is 4.34. The van der Waals surface area contributed by atoms with Gasteiger partial charge in [-0.2, -0.15) is 13.2 Å². The zero-order valence-corrected chi connectivity index (χ0v) is 10.7. The van der Waals surface area contributed by atoms with E-state index in [9.17, 15) is 21.6 Å². The molecule has 1 aromatic carbocycles. The van der Waals surface area contributed by atoms with Gasteiger partial charge in [-0.3, -0.25) is 0 Å². The molecule has 0 aliphatic carbocycles. The van der Waals surface area contributed by atoms with Crippen LogP contribution in [0, 0.1) is 0 Å². The van der Waals surface area contributed by atoms with Gasteiger partial charge in [-0.25, -0.2) is 13.1 Å². The van der Waals surface area contributed by atoms with E-state index in [4.69, 9.17) is 0 Å². The van der Waals surface area contributed by atoms with Crippen LogP contribution in [0.3, 0.4) is 0 Å². The molecule has 2 rings (SSSR count). The van der Waals surface area contributed by atoms with Crippen LogP contribution in [0.2, 0.25) is 0 Å². The first-order valence-electron chi connectivity index (χ1n) is 5.67. The molecule has 106 valence electrons. The zero-order valence-electron chi connectivity index (χ0n) is 9.92. The molecule has 4 nitrogen and oxygen atoms in total. The van der Waals surface area contributed by atoms with Gasteiger partial charge in [0.1, 0.15) is 6.54 Å².